The van der Waals surface area contributed by atoms with Crippen molar-refractivity contribution >= 4 is 46.6 Å². The van der Waals surface area contributed by atoms with Gasteiger partial charge in [0.05, 0.1) is 39.6 Å². The molecule has 37 heavy (non-hydrogen) atoms. The number of benzene rings is 3. The van der Waals surface area contributed by atoms with E-state index < -0.39 is 16.8 Å². The largest absolute Gasteiger partial charge is 0.493 e. The molecule has 1 aliphatic rings. The molecular formula is C26H20ClN3O7. The van der Waals surface area contributed by atoms with Crippen molar-refractivity contribution in [2.45, 2.75) is 13.5 Å². The number of ether oxygens (including phenoxy) is 2. The molecule has 0 bridgehead atoms. The summed E-state index contributed by atoms with van der Waals surface area (Å²) in [7, 11) is 1.49. The average Bonchev–Trinajstić information content (AvgIpc) is 3.16. The monoisotopic (exact) mass is 521 g/mol. The molecule has 0 unspecified atom stereocenters. The molecule has 1 aliphatic heterocycles. The Morgan fingerprint density at radius 3 is 2.51 bits per heavy atom. The third kappa shape index (κ3) is 5.44. The second-order valence-corrected chi connectivity index (χ2v) is 8.36. The maximum absolute atomic E-state index is 13.1. The number of methoxy groups -OCH3 is 1. The molecule has 188 valence electrons. The van der Waals surface area contributed by atoms with E-state index in [1.807, 2.05) is 0 Å². The Balaban J connectivity index is 1.53. The minimum atomic E-state index is -1.21. The predicted molar refractivity (Wildman–Crippen MR) is 137 cm³/mol. The van der Waals surface area contributed by atoms with Crippen LogP contribution in [0.5, 0.6) is 11.5 Å². The maximum atomic E-state index is 13.1. The second kappa shape index (κ2) is 10.5. The molecule has 0 atom stereocenters. The zero-order valence-corrected chi connectivity index (χ0v) is 20.4. The Morgan fingerprint density at radius 1 is 1.14 bits per heavy atom. The number of nitrogens with zero attached hydrogens (tertiary/aromatic N) is 3. The number of anilines is 1. The standard InChI is InChI=1S/C26H20ClN3O7/c1-15-20(25(31)29(28-15)19-8-9-22(27)21(13-19)26(32)33)11-17-5-10-23(24(12-17)36-2)37-14-16-3-6-18(7-4-16)30(34)35/h3-13H,14H2,1-2H3,(H,32,33)/b20-11-. The van der Waals surface area contributed by atoms with Crippen LogP contribution in [0, 0.1) is 10.1 Å². The first-order chi connectivity index (χ1) is 17.7. The number of carbonyl (C=O) groups excluding carboxylic acids is 1. The van der Waals surface area contributed by atoms with E-state index in [9.17, 15) is 24.8 Å². The van der Waals surface area contributed by atoms with Crippen LogP contribution in [-0.4, -0.2) is 34.7 Å². The normalized spacial score (nSPS) is 14.0. The van der Waals surface area contributed by atoms with E-state index >= 15 is 0 Å². The third-order valence-electron chi connectivity index (χ3n) is 5.53. The van der Waals surface area contributed by atoms with E-state index in [1.54, 1.807) is 43.3 Å². The number of hydrogen-bond donors (Lipinski definition) is 1. The summed E-state index contributed by atoms with van der Waals surface area (Å²) in [5, 5.41) is 25.6. The number of aromatic carboxylic acids is 1. The van der Waals surface area contributed by atoms with Gasteiger partial charge in [-0.15, -0.1) is 0 Å². The summed E-state index contributed by atoms with van der Waals surface area (Å²) in [5.74, 6) is -0.751. The third-order valence-corrected chi connectivity index (χ3v) is 5.86. The lowest BCUT2D eigenvalue weighted by atomic mass is 10.1. The lowest BCUT2D eigenvalue weighted by Gasteiger charge is -2.13. The van der Waals surface area contributed by atoms with Gasteiger partial charge in [-0.2, -0.15) is 10.1 Å². The average molecular weight is 522 g/mol. The van der Waals surface area contributed by atoms with Crippen molar-refractivity contribution in [3.05, 3.63) is 98.1 Å². The molecule has 10 nitrogen and oxygen atoms in total. The van der Waals surface area contributed by atoms with Gasteiger partial charge in [0.15, 0.2) is 11.5 Å². The first-order valence-electron chi connectivity index (χ1n) is 10.9. The van der Waals surface area contributed by atoms with Crippen LogP contribution in [0.15, 0.2) is 71.3 Å². The fraction of sp³-hybridized carbons (Fsp3) is 0.115. The van der Waals surface area contributed by atoms with Crippen molar-refractivity contribution in [2.75, 3.05) is 12.1 Å². The number of nitro benzene ring substituents is 1. The van der Waals surface area contributed by atoms with Crippen LogP contribution in [0.3, 0.4) is 0 Å². The van der Waals surface area contributed by atoms with Gasteiger partial charge in [-0.25, -0.2) is 4.79 Å². The molecule has 0 saturated heterocycles. The van der Waals surface area contributed by atoms with Gasteiger partial charge in [-0.05, 0) is 66.6 Å². The molecular weight excluding hydrogens is 502 g/mol. The topological polar surface area (TPSA) is 132 Å². The minimum absolute atomic E-state index is 0.00373. The maximum Gasteiger partial charge on any atom is 0.337 e. The SMILES string of the molecule is COc1cc(/C=C2\C(=O)N(c3ccc(Cl)c(C(=O)O)c3)N=C2C)ccc1OCc1ccc([N+](=O)[O-])cc1. The number of halogens is 1. The van der Waals surface area contributed by atoms with Gasteiger partial charge in [0.1, 0.15) is 6.61 Å². The van der Waals surface area contributed by atoms with Crippen LogP contribution < -0.4 is 14.5 Å². The molecule has 0 saturated carbocycles. The summed E-state index contributed by atoms with van der Waals surface area (Å²) < 4.78 is 11.3. The Kier molecular flexibility index (Phi) is 7.21. The highest BCUT2D eigenvalue weighted by molar-refractivity contribution is 6.34. The summed E-state index contributed by atoms with van der Waals surface area (Å²) >= 11 is 5.94. The van der Waals surface area contributed by atoms with Crippen LogP contribution in [0.25, 0.3) is 6.08 Å². The number of carbonyl (C=O) groups is 2. The number of non-ortho nitro benzene ring substituents is 1. The van der Waals surface area contributed by atoms with Gasteiger partial charge in [-0.1, -0.05) is 17.7 Å². The highest BCUT2D eigenvalue weighted by Crippen LogP contribution is 2.32. The van der Waals surface area contributed by atoms with Crippen molar-refractivity contribution < 1.29 is 29.1 Å². The molecule has 11 heteroatoms. The molecule has 0 aromatic heterocycles. The number of hydrogen-bond acceptors (Lipinski definition) is 7. The fourth-order valence-corrected chi connectivity index (χ4v) is 3.80. The fourth-order valence-electron chi connectivity index (χ4n) is 3.60. The van der Waals surface area contributed by atoms with Crippen molar-refractivity contribution in [3.63, 3.8) is 0 Å². The Hall–Kier alpha value is -4.70. The second-order valence-electron chi connectivity index (χ2n) is 7.95. The lowest BCUT2D eigenvalue weighted by molar-refractivity contribution is -0.384. The van der Waals surface area contributed by atoms with E-state index in [1.165, 1.54) is 37.4 Å². The number of hydrazone groups is 1. The molecule has 1 heterocycles. The van der Waals surface area contributed by atoms with E-state index in [-0.39, 0.29) is 28.6 Å². The van der Waals surface area contributed by atoms with E-state index in [0.717, 1.165) is 10.6 Å². The van der Waals surface area contributed by atoms with E-state index in [4.69, 9.17) is 21.1 Å². The Morgan fingerprint density at radius 2 is 1.86 bits per heavy atom. The van der Waals surface area contributed by atoms with E-state index in [2.05, 4.69) is 5.10 Å². The summed E-state index contributed by atoms with van der Waals surface area (Å²) in [5.41, 5.74) is 2.32. The summed E-state index contributed by atoms with van der Waals surface area (Å²) in [6, 6.07) is 15.4. The van der Waals surface area contributed by atoms with Crippen molar-refractivity contribution in [3.8, 4) is 11.5 Å². The van der Waals surface area contributed by atoms with Gasteiger partial charge >= 0.3 is 5.97 Å². The quantitative estimate of drug-likeness (QED) is 0.240. The van der Waals surface area contributed by atoms with E-state index in [0.29, 0.717) is 28.3 Å². The van der Waals surface area contributed by atoms with Gasteiger partial charge in [-0.3, -0.25) is 14.9 Å². The van der Waals surface area contributed by atoms with Gasteiger partial charge < -0.3 is 14.6 Å². The van der Waals surface area contributed by atoms with Crippen LogP contribution >= 0.6 is 11.6 Å². The lowest BCUT2D eigenvalue weighted by Crippen LogP contribution is -2.21. The highest BCUT2D eigenvalue weighted by Gasteiger charge is 2.29. The summed E-state index contributed by atoms with van der Waals surface area (Å²) in [6.07, 6.45) is 1.65. The van der Waals surface area contributed by atoms with Gasteiger partial charge in [0.2, 0.25) is 0 Å². The van der Waals surface area contributed by atoms with Crippen molar-refractivity contribution in [2.24, 2.45) is 5.10 Å². The number of amides is 1. The Bertz CT molecular complexity index is 1470. The molecule has 0 spiro atoms. The van der Waals surface area contributed by atoms with Gasteiger partial charge in [0.25, 0.3) is 11.6 Å². The van der Waals surface area contributed by atoms with Crippen LogP contribution in [0.1, 0.15) is 28.4 Å². The predicted octanol–water partition coefficient (Wildman–Crippen LogP) is 5.34. The molecule has 3 aromatic rings. The number of rotatable bonds is 8. The molecule has 0 aliphatic carbocycles. The molecule has 1 N–H and O–H groups in total. The molecule has 1 amide bonds. The zero-order valence-electron chi connectivity index (χ0n) is 19.7. The van der Waals surface area contributed by atoms with Crippen molar-refractivity contribution in [1.82, 2.24) is 0 Å². The zero-order chi connectivity index (χ0) is 26.7. The van der Waals surface area contributed by atoms with Crippen LogP contribution in [0.2, 0.25) is 5.02 Å². The molecule has 3 aromatic carbocycles. The molecule has 4 rings (SSSR count). The van der Waals surface area contributed by atoms with Crippen LogP contribution in [0.4, 0.5) is 11.4 Å². The number of nitro groups is 1. The summed E-state index contributed by atoms with van der Waals surface area (Å²) in [4.78, 5) is 34.8. The smallest absolute Gasteiger partial charge is 0.337 e. The van der Waals surface area contributed by atoms with Crippen LogP contribution in [-0.2, 0) is 11.4 Å². The first-order valence-corrected chi connectivity index (χ1v) is 11.2. The Labute approximate surface area is 216 Å². The first kappa shape index (κ1) is 25.4. The number of carboxylic acid groups (broad SMARTS) is 1. The molecule has 0 fully saturated rings. The van der Waals surface area contributed by atoms with Gasteiger partial charge in [0, 0.05) is 12.1 Å². The van der Waals surface area contributed by atoms with Crippen molar-refractivity contribution in [1.29, 1.82) is 0 Å². The highest BCUT2D eigenvalue weighted by atomic mass is 35.5. The minimum Gasteiger partial charge on any atom is -0.493 e. The molecule has 0 radical (unpaired) electrons. The summed E-state index contributed by atoms with van der Waals surface area (Å²) in [6.45, 7) is 1.85. The number of carboxylic acids is 1.